The number of benzene rings is 1. The number of hydrogen-bond donors (Lipinski definition) is 2. The van der Waals surface area contributed by atoms with Crippen LogP contribution in [-0.4, -0.2) is 43.1 Å². The largest absolute Gasteiger partial charge is 0.504 e. The molecule has 0 amide bonds. The number of aryl methyl sites for hydroxylation is 1. The number of hydrogen-bond acceptors (Lipinski definition) is 5. The predicted octanol–water partition coefficient (Wildman–Crippen LogP) is 2.79. The molecule has 0 heterocycles. The molecule has 0 aromatic heterocycles. The average Bonchev–Trinajstić information content (AvgIpc) is 2.90. The van der Waals surface area contributed by atoms with Crippen molar-refractivity contribution in [2.24, 2.45) is 17.3 Å². The maximum Gasteiger partial charge on any atom is 0.384 e. The number of aliphatic hydroxyl groups excluding tert-OH is 1. The highest BCUT2D eigenvalue weighted by Gasteiger charge is 2.54. The van der Waals surface area contributed by atoms with Crippen molar-refractivity contribution in [2.45, 2.75) is 57.5 Å². The zero-order chi connectivity index (χ0) is 19.6. The maximum atomic E-state index is 12.0. The molecule has 3 aliphatic rings. The van der Waals surface area contributed by atoms with E-state index in [1.54, 1.807) is 12.1 Å². The van der Waals surface area contributed by atoms with Crippen molar-refractivity contribution in [3.63, 3.8) is 0 Å². The smallest absolute Gasteiger partial charge is 0.384 e. The summed E-state index contributed by atoms with van der Waals surface area (Å²) >= 11 is 0. The van der Waals surface area contributed by atoms with E-state index in [0.717, 1.165) is 54.0 Å². The molecule has 2 saturated carbocycles. The van der Waals surface area contributed by atoms with E-state index < -0.39 is 10.3 Å². The molecule has 0 radical (unpaired) electrons. The van der Waals surface area contributed by atoms with Gasteiger partial charge >= 0.3 is 10.3 Å². The Hall–Kier alpha value is -1.31. The predicted molar refractivity (Wildman–Crippen MR) is 102 cm³/mol. The van der Waals surface area contributed by atoms with Crippen LogP contribution < -0.4 is 4.18 Å². The minimum absolute atomic E-state index is 0.00200. The summed E-state index contributed by atoms with van der Waals surface area (Å²) in [7, 11) is -1.12. The lowest BCUT2D eigenvalue weighted by atomic mass is 9.55. The Balaban J connectivity index is 1.65. The van der Waals surface area contributed by atoms with Crippen molar-refractivity contribution in [1.82, 2.24) is 4.31 Å². The van der Waals surface area contributed by atoms with Gasteiger partial charge in [0.25, 0.3) is 0 Å². The fourth-order valence-corrected chi connectivity index (χ4v) is 6.32. The number of aromatic hydroxyl groups is 1. The Kier molecular flexibility index (Phi) is 4.48. The number of phenols is 1. The van der Waals surface area contributed by atoms with E-state index in [2.05, 4.69) is 6.92 Å². The second-order valence-corrected chi connectivity index (χ2v) is 10.6. The summed E-state index contributed by atoms with van der Waals surface area (Å²) in [5.74, 6) is 1.27. The Morgan fingerprint density at radius 2 is 1.93 bits per heavy atom. The van der Waals surface area contributed by atoms with E-state index in [0.29, 0.717) is 17.8 Å². The van der Waals surface area contributed by atoms with Gasteiger partial charge in [0.05, 0.1) is 6.10 Å². The summed E-state index contributed by atoms with van der Waals surface area (Å²) in [5, 5.41) is 20.9. The lowest BCUT2D eigenvalue weighted by molar-refractivity contribution is -0.0226. The van der Waals surface area contributed by atoms with Crippen LogP contribution in [0.1, 0.15) is 56.1 Å². The first kappa shape index (κ1) is 19.0. The van der Waals surface area contributed by atoms with Gasteiger partial charge in [-0.25, -0.2) is 0 Å². The van der Waals surface area contributed by atoms with Crippen molar-refractivity contribution in [1.29, 1.82) is 0 Å². The third-order valence-electron chi connectivity index (χ3n) is 7.40. The van der Waals surface area contributed by atoms with Gasteiger partial charge in [0.15, 0.2) is 11.5 Å². The summed E-state index contributed by atoms with van der Waals surface area (Å²) in [6.07, 6.45) is 5.63. The molecule has 3 unspecified atom stereocenters. The summed E-state index contributed by atoms with van der Waals surface area (Å²) < 4.78 is 30.1. The van der Waals surface area contributed by atoms with Crippen LogP contribution in [0.5, 0.6) is 11.5 Å². The molecule has 5 atom stereocenters. The number of aliphatic hydroxyl groups is 1. The molecular formula is C20H29NO5S. The molecule has 3 aliphatic carbocycles. The second kappa shape index (κ2) is 6.36. The lowest BCUT2D eigenvalue weighted by Gasteiger charge is -2.50. The van der Waals surface area contributed by atoms with Gasteiger partial charge in [-0.2, -0.15) is 12.7 Å². The van der Waals surface area contributed by atoms with E-state index in [9.17, 15) is 18.6 Å². The second-order valence-electron chi connectivity index (χ2n) is 8.90. The Labute approximate surface area is 161 Å². The number of nitrogens with zero attached hydrogens (tertiary/aromatic N) is 1. The van der Waals surface area contributed by atoms with Gasteiger partial charge in [-0.15, -0.1) is 0 Å². The van der Waals surface area contributed by atoms with Crippen molar-refractivity contribution in [3.05, 3.63) is 23.3 Å². The van der Waals surface area contributed by atoms with Crippen LogP contribution in [0.2, 0.25) is 0 Å². The first-order valence-corrected chi connectivity index (χ1v) is 11.2. The van der Waals surface area contributed by atoms with Crippen molar-refractivity contribution in [2.75, 3.05) is 14.1 Å². The quantitative estimate of drug-likeness (QED) is 0.822. The van der Waals surface area contributed by atoms with Crippen LogP contribution >= 0.6 is 0 Å². The minimum atomic E-state index is -3.90. The van der Waals surface area contributed by atoms with E-state index in [-0.39, 0.29) is 23.0 Å². The van der Waals surface area contributed by atoms with E-state index in [1.807, 2.05) is 0 Å². The number of rotatable bonds is 3. The molecule has 0 aliphatic heterocycles. The average molecular weight is 396 g/mol. The van der Waals surface area contributed by atoms with Gasteiger partial charge in [0.1, 0.15) is 0 Å². The maximum absolute atomic E-state index is 12.0. The van der Waals surface area contributed by atoms with Crippen LogP contribution in [0.25, 0.3) is 0 Å². The third-order valence-corrected chi connectivity index (χ3v) is 8.68. The Morgan fingerprint density at radius 3 is 2.63 bits per heavy atom. The third kappa shape index (κ3) is 2.95. The van der Waals surface area contributed by atoms with Crippen LogP contribution in [0.15, 0.2) is 12.1 Å². The highest BCUT2D eigenvalue weighted by atomic mass is 32.2. The summed E-state index contributed by atoms with van der Waals surface area (Å²) in [5.41, 5.74) is 2.21. The molecule has 2 fully saturated rings. The van der Waals surface area contributed by atoms with Gasteiger partial charge in [0.2, 0.25) is 0 Å². The first-order chi connectivity index (χ1) is 12.6. The van der Waals surface area contributed by atoms with Gasteiger partial charge in [-0.1, -0.05) is 6.92 Å². The number of phenolic OH excluding ortho intramolecular Hbond substituents is 1. The van der Waals surface area contributed by atoms with Crippen LogP contribution in [-0.2, 0) is 16.7 Å². The topological polar surface area (TPSA) is 87.1 Å². The van der Waals surface area contributed by atoms with E-state index in [1.165, 1.54) is 14.1 Å². The van der Waals surface area contributed by atoms with Crippen molar-refractivity contribution >= 4 is 10.3 Å². The summed E-state index contributed by atoms with van der Waals surface area (Å²) in [6.45, 7) is 2.24. The van der Waals surface area contributed by atoms with E-state index in [4.69, 9.17) is 4.18 Å². The fraction of sp³-hybridized carbons (Fsp3) is 0.700. The van der Waals surface area contributed by atoms with Crippen LogP contribution in [0.3, 0.4) is 0 Å². The normalized spacial score (nSPS) is 35.4. The minimum Gasteiger partial charge on any atom is -0.504 e. The molecule has 0 spiro atoms. The number of fused-ring (bicyclic) bond motifs is 5. The van der Waals surface area contributed by atoms with Gasteiger partial charge in [0, 0.05) is 14.1 Å². The Bertz CT molecular complexity index is 852. The molecule has 4 rings (SSSR count). The molecule has 1 aromatic carbocycles. The molecule has 0 saturated heterocycles. The fourth-order valence-electron chi connectivity index (χ4n) is 5.81. The highest BCUT2D eigenvalue weighted by molar-refractivity contribution is 7.84. The van der Waals surface area contributed by atoms with Gasteiger partial charge < -0.3 is 14.4 Å². The molecule has 0 bridgehead atoms. The zero-order valence-electron chi connectivity index (χ0n) is 16.2. The molecule has 27 heavy (non-hydrogen) atoms. The molecule has 7 heteroatoms. The molecule has 1 aromatic rings. The molecule has 2 N–H and O–H groups in total. The zero-order valence-corrected chi connectivity index (χ0v) is 17.0. The Morgan fingerprint density at radius 1 is 1.19 bits per heavy atom. The van der Waals surface area contributed by atoms with Crippen molar-refractivity contribution in [3.8, 4) is 11.5 Å². The van der Waals surface area contributed by atoms with Crippen LogP contribution in [0, 0.1) is 17.3 Å². The lowest BCUT2D eigenvalue weighted by Crippen LogP contribution is -2.43. The monoisotopic (exact) mass is 395 g/mol. The molecule has 6 nitrogen and oxygen atoms in total. The summed E-state index contributed by atoms with van der Waals surface area (Å²) in [6, 6.07) is 3.40. The van der Waals surface area contributed by atoms with Gasteiger partial charge in [-0.05, 0) is 85.0 Å². The first-order valence-electron chi connectivity index (χ1n) is 9.79. The highest BCUT2D eigenvalue weighted by Crippen LogP contribution is 2.61. The SMILES string of the molecule is CN(C)S(=O)(=O)Oc1cc2c(cc1O)C1CC[C@@]3(C)C(CC[C@@H]3O)C1CC2. The summed E-state index contributed by atoms with van der Waals surface area (Å²) in [4.78, 5) is 0. The molecular weight excluding hydrogens is 366 g/mol. The standard InChI is InChI=1S/C20H29NO5S/c1-20-9-8-13-14(16(20)6-7-19(20)23)5-4-12-10-18(17(22)11-15(12)13)26-27(24,25)21(2)3/h10-11,13-14,16,19,22-23H,4-9H2,1-3H3/t13?,14?,16?,19-,20-/m0/s1. The van der Waals surface area contributed by atoms with Crippen LogP contribution in [0.4, 0.5) is 0 Å². The van der Waals surface area contributed by atoms with Gasteiger partial charge in [-0.3, -0.25) is 0 Å². The van der Waals surface area contributed by atoms with E-state index >= 15 is 0 Å². The molecule has 150 valence electrons. The van der Waals surface area contributed by atoms with Crippen molar-refractivity contribution < 1.29 is 22.8 Å².